The summed E-state index contributed by atoms with van der Waals surface area (Å²) in [5, 5.41) is 12.9. The molecule has 2 aromatic rings. The number of carbonyl (C=O) groups excluding carboxylic acids is 1. The van der Waals surface area contributed by atoms with Gasteiger partial charge in [0.2, 0.25) is 5.91 Å². The van der Waals surface area contributed by atoms with E-state index in [1.807, 2.05) is 6.07 Å². The highest BCUT2D eigenvalue weighted by atomic mass is 35.5. The first-order valence-corrected chi connectivity index (χ1v) is 8.29. The van der Waals surface area contributed by atoms with Crippen LogP contribution in [0.5, 0.6) is 0 Å². The normalized spacial score (nSPS) is 19.6. The number of carbonyl (C=O) groups is 1. The van der Waals surface area contributed by atoms with Crippen LogP contribution in [0.2, 0.25) is 5.02 Å². The van der Waals surface area contributed by atoms with Gasteiger partial charge in [-0.05, 0) is 24.0 Å². The molecule has 116 valence electrons. The number of halogens is 1. The summed E-state index contributed by atoms with van der Waals surface area (Å²) in [4.78, 5) is 31.6. The summed E-state index contributed by atoms with van der Waals surface area (Å²) in [6, 6.07) is 8.73. The van der Waals surface area contributed by atoms with Crippen molar-refractivity contribution < 1.29 is 4.79 Å². The van der Waals surface area contributed by atoms with Crippen LogP contribution in [-0.4, -0.2) is 22.1 Å². The van der Waals surface area contributed by atoms with Gasteiger partial charge in [0.15, 0.2) is 5.16 Å². The molecule has 1 aromatic carbocycles. The van der Waals surface area contributed by atoms with Gasteiger partial charge in [-0.1, -0.05) is 35.5 Å². The average molecular weight is 347 g/mol. The molecule has 1 aromatic heterocycles. The Balaban J connectivity index is 2.25. The van der Waals surface area contributed by atoms with Crippen LogP contribution in [-0.2, 0) is 4.79 Å². The number of amides is 1. The van der Waals surface area contributed by atoms with E-state index < -0.39 is 17.7 Å². The summed E-state index contributed by atoms with van der Waals surface area (Å²) >= 11 is 7.16. The van der Waals surface area contributed by atoms with Crippen LogP contribution < -0.4 is 10.9 Å². The third-order valence-electron chi connectivity index (χ3n) is 3.66. The van der Waals surface area contributed by atoms with E-state index in [2.05, 4.69) is 15.3 Å². The van der Waals surface area contributed by atoms with E-state index in [1.165, 1.54) is 11.8 Å². The smallest absolute Gasteiger partial charge is 0.257 e. The number of nitrogens with zero attached hydrogens (tertiary/aromatic N) is 2. The lowest BCUT2D eigenvalue weighted by molar-refractivity contribution is -0.119. The van der Waals surface area contributed by atoms with Gasteiger partial charge >= 0.3 is 0 Å². The van der Waals surface area contributed by atoms with E-state index in [9.17, 15) is 14.9 Å². The molecule has 0 saturated carbocycles. The zero-order valence-electron chi connectivity index (χ0n) is 12.0. The van der Waals surface area contributed by atoms with Crippen LogP contribution in [0.4, 0.5) is 5.82 Å². The second kappa shape index (κ2) is 6.07. The molecular weight excluding hydrogens is 336 g/mol. The molecule has 2 unspecified atom stereocenters. The summed E-state index contributed by atoms with van der Waals surface area (Å²) in [7, 11) is 0. The minimum atomic E-state index is -1.01. The van der Waals surface area contributed by atoms with E-state index in [4.69, 9.17) is 11.6 Å². The maximum atomic E-state index is 12.5. The number of hydrogen-bond acceptors (Lipinski definition) is 5. The maximum Gasteiger partial charge on any atom is 0.257 e. The molecule has 2 N–H and O–H groups in total. The minimum Gasteiger partial charge on any atom is -0.309 e. The molecular formula is C15H11ClN4O2S. The summed E-state index contributed by atoms with van der Waals surface area (Å²) < 4.78 is 0. The first-order valence-electron chi connectivity index (χ1n) is 6.69. The van der Waals surface area contributed by atoms with E-state index in [-0.39, 0.29) is 16.9 Å². The number of nitrogens with one attached hydrogen (secondary N) is 2. The molecule has 1 aliphatic heterocycles. The SMILES string of the molecule is CSc1nc2c(c(=O)[nH]1)C(c1ccc(Cl)cc1)C(C#N)C(=O)N2. The standard InChI is InChI=1S/C15H11ClN4O2S/c1-23-15-19-12-11(14(22)20-15)10(9(6-17)13(21)18-12)7-2-4-8(16)5-3-7/h2-5,9-10H,1H3,(H2,18,19,20,21,22). The summed E-state index contributed by atoms with van der Waals surface area (Å²) in [5.41, 5.74) is 0.595. The quantitative estimate of drug-likeness (QED) is 0.642. The van der Waals surface area contributed by atoms with Gasteiger partial charge in [0.1, 0.15) is 11.7 Å². The lowest BCUT2D eigenvalue weighted by atomic mass is 9.79. The Hall–Kier alpha value is -2.30. The maximum absolute atomic E-state index is 12.5. The third kappa shape index (κ3) is 2.71. The Morgan fingerprint density at radius 2 is 2.00 bits per heavy atom. The predicted octanol–water partition coefficient (Wildman–Crippen LogP) is 2.37. The highest BCUT2D eigenvalue weighted by molar-refractivity contribution is 7.98. The summed E-state index contributed by atoms with van der Waals surface area (Å²) in [6.45, 7) is 0. The molecule has 23 heavy (non-hydrogen) atoms. The van der Waals surface area contributed by atoms with Crippen LogP contribution in [0.3, 0.4) is 0 Å². The zero-order chi connectivity index (χ0) is 16.6. The lowest BCUT2D eigenvalue weighted by Gasteiger charge is -2.28. The Morgan fingerprint density at radius 3 is 2.61 bits per heavy atom. The Bertz CT molecular complexity index is 873. The molecule has 8 heteroatoms. The molecule has 1 amide bonds. The molecule has 0 spiro atoms. The molecule has 0 bridgehead atoms. The summed E-state index contributed by atoms with van der Waals surface area (Å²) in [5.74, 6) is -1.96. The van der Waals surface area contributed by atoms with Gasteiger partial charge in [-0.2, -0.15) is 5.26 Å². The molecule has 3 rings (SSSR count). The predicted molar refractivity (Wildman–Crippen MR) is 87.7 cm³/mol. The molecule has 0 saturated heterocycles. The fraction of sp³-hybridized carbons (Fsp3) is 0.200. The Morgan fingerprint density at radius 1 is 1.30 bits per heavy atom. The summed E-state index contributed by atoms with van der Waals surface area (Å²) in [6.07, 6.45) is 1.77. The molecule has 2 atom stereocenters. The number of nitriles is 1. The minimum absolute atomic E-state index is 0.203. The van der Waals surface area contributed by atoms with Crippen molar-refractivity contribution in [3.63, 3.8) is 0 Å². The Labute approximate surface area is 140 Å². The third-order valence-corrected chi connectivity index (χ3v) is 4.50. The van der Waals surface area contributed by atoms with Gasteiger partial charge in [-0.15, -0.1) is 0 Å². The number of hydrogen-bond donors (Lipinski definition) is 2. The number of thioether (sulfide) groups is 1. The second-order valence-electron chi connectivity index (χ2n) is 4.96. The van der Waals surface area contributed by atoms with Gasteiger partial charge in [0, 0.05) is 10.9 Å². The van der Waals surface area contributed by atoms with Crippen LogP contribution in [0.25, 0.3) is 0 Å². The highest BCUT2D eigenvalue weighted by Gasteiger charge is 2.40. The number of benzene rings is 1. The van der Waals surface area contributed by atoms with Crippen LogP contribution in [0.15, 0.2) is 34.2 Å². The van der Waals surface area contributed by atoms with E-state index in [0.29, 0.717) is 15.7 Å². The first-order chi connectivity index (χ1) is 11.0. The van der Waals surface area contributed by atoms with Crippen molar-refractivity contribution in [1.82, 2.24) is 9.97 Å². The van der Waals surface area contributed by atoms with Gasteiger partial charge in [-0.25, -0.2) is 4.98 Å². The topological polar surface area (TPSA) is 98.6 Å². The molecule has 1 aliphatic rings. The first kappa shape index (κ1) is 15.6. The van der Waals surface area contributed by atoms with Crippen molar-refractivity contribution in [3.8, 4) is 6.07 Å². The molecule has 0 fully saturated rings. The fourth-order valence-electron chi connectivity index (χ4n) is 2.62. The van der Waals surface area contributed by atoms with Gasteiger partial charge in [-0.3, -0.25) is 9.59 Å². The zero-order valence-corrected chi connectivity index (χ0v) is 13.5. The van der Waals surface area contributed by atoms with Gasteiger partial charge in [0.25, 0.3) is 5.56 Å². The highest BCUT2D eigenvalue weighted by Crippen LogP contribution is 2.38. The largest absolute Gasteiger partial charge is 0.309 e. The van der Waals surface area contributed by atoms with Gasteiger partial charge in [0.05, 0.1) is 11.6 Å². The number of anilines is 1. The van der Waals surface area contributed by atoms with Gasteiger partial charge < -0.3 is 10.3 Å². The molecule has 2 heterocycles. The van der Waals surface area contributed by atoms with Crippen LogP contribution >= 0.6 is 23.4 Å². The number of rotatable bonds is 2. The van der Waals surface area contributed by atoms with Crippen molar-refractivity contribution in [3.05, 3.63) is 50.8 Å². The average Bonchev–Trinajstić information content (AvgIpc) is 2.54. The number of H-pyrrole nitrogens is 1. The van der Waals surface area contributed by atoms with Crippen molar-refractivity contribution in [2.24, 2.45) is 5.92 Å². The fourth-order valence-corrected chi connectivity index (χ4v) is 3.12. The van der Waals surface area contributed by atoms with Crippen LogP contribution in [0.1, 0.15) is 17.0 Å². The Kier molecular flexibility index (Phi) is 4.11. The van der Waals surface area contributed by atoms with E-state index >= 15 is 0 Å². The monoisotopic (exact) mass is 346 g/mol. The number of fused-ring (bicyclic) bond motifs is 1. The van der Waals surface area contributed by atoms with Crippen molar-refractivity contribution in [2.45, 2.75) is 11.1 Å². The molecule has 6 nitrogen and oxygen atoms in total. The second-order valence-corrected chi connectivity index (χ2v) is 6.19. The molecule has 0 radical (unpaired) electrons. The van der Waals surface area contributed by atoms with Crippen molar-refractivity contribution >= 4 is 35.1 Å². The van der Waals surface area contributed by atoms with Crippen molar-refractivity contribution in [2.75, 3.05) is 11.6 Å². The molecule has 0 aliphatic carbocycles. The van der Waals surface area contributed by atoms with E-state index in [1.54, 1.807) is 30.5 Å². The number of aromatic nitrogens is 2. The van der Waals surface area contributed by atoms with E-state index in [0.717, 1.165) is 0 Å². The van der Waals surface area contributed by atoms with Crippen LogP contribution in [0, 0.1) is 17.2 Å². The number of aromatic amines is 1. The van der Waals surface area contributed by atoms with Crippen molar-refractivity contribution in [1.29, 1.82) is 5.26 Å². The lowest BCUT2D eigenvalue weighted by Crippen LogP contribution is -2.38.